The average Bonchev–Trinajstić information content (AvgIpc) is 3.06. The Morgan fingerprint density at radius 3 is 1.62 bits per heavy atom. The van der Waals surface area contributed by atoms with Crippen LogP contribution in [0.25, 0.3) is 0 Å². The molecule has 0 aromatic heterocycles. The normalized spacial score (nSPS) is 16.2. The SMILES string of the molecule is Fc1ccccc1C1N(Cc2ccccc2)CCN1Cc1ccccc1. The molecule has 0 bridgehead atoms. The molecule has 1 heterocycles. The second kappa shape index (κ2) is 7.81. The van der Waals surface area contributed by atoms with Gasteiger partial charge in [-0.05, 0) is 17.2 Å². The first-order valence-corrected chi connectivity index (χ1v) is 9.11. The van der Waals surface area contributed by atoms with Gasteiger partial charge < -0.3 is 0 Å². The first-order chi connectivity index (χ1) is 12.8. The largest absolute Gasteiger partial charge is 0.278 e. The van der Waals surface area contributed by atoms with Crippen LogP contribution in [0.5, 0.6) is 0 Å². The van der Waals surface area contributed by atoms with E-state index in [0.717, 1.165) is 31.7 Å². The van der Waals surface area contributed by atoms with Gasteiger partial charge in [-0.15, -0.1) is 0 Å². The van der Waals surface area contributed by atoms with E-state index in [1.54, 1.807) is 12.1 Å². The summed E-state index contributed by atoms with van der Waals surface area (Å²) in [4.78, 5) is 4.74. The summed E-state index contributed by atoms with van der Waals surface area (Å²) in [6.45, 7) is 3.51. The van der Waals surface area contributed by atoms with Crippen molar-refractivity contribution in [1.29, 1.82) is 0 Å². The van der Waals surface area contributed by atoms with Gasteiger partial charge >= 0.3 is 0 Å². The summed E-state index contributed by atoms with van der Waals surface area (Å²) in [5, 5.41) is 0. The molecule has 0 N–H and O–H groups in total. The first kappa shape index (κ1) is 17.0. The van der Waals surface area contributed by atoms with Crippen molar-refractivity contribution in [3.63, 3.8) is 0 Å². The van der Waals surface area contributed by atoms with Crippen LogP contribution in [0.15, 0.2) is 84.9 Å². The van der Waals surface area contributed by atoms with Crippen LogP contribution in [0.4, 0.5) is 4.39 Å². The Kier molecular flexibility index (Phi) is 5.09. The summed E-state index contributed by atoms with van der Waals surface area (Å²) in [6, 6.07) is 28.0. The van der Waals surface area contributed by atoms with Gasteiger partial charge in [-0.3, -0.25) is 9.80 Å². The highest BCUT2D eigenvalue weighted by Gasteiger charge is 2.34. The van der Waals surface area contributed by atoms with E-state index in [9.17, 15) is 4.39 Å². The van der Waals surface area contributed by atoms with Gasteiger partial charge in [0.2, 0.25) is 0 Å². The molecule has 0 aliphatic carbocycles. The van der Waals surface area contributed by atoms with Crippen molar-refractivity contribution in [2.75, 3.05) is 13.1 Å². The molecule has 1 aliphatic heterocycles. The fraction of sp³-hybridized carbons (Fsp3) is 0.217. The van der Waals surface area contributed by atoms with Crippen molar-refractivity contribution < 1.29 is 4.39 Å². The topological polar surface area (TPSA) is 6.48 Å². The third-order valence-electron chi connectivity index (χ3n) is 5.01. The lowest BCUT2D eigenvalue weighted by Gasteiger charge is -2.31. The van der Waals surface area contributed by atoms with E-state index in [1.807, 2.05) is 24.3 Å². The molecule has 3 aromatic carbocycles. The highest BCUT2D eigenvalue weighted by atomic mass is 19.1. The van der Waals surface area contributed by atoms with Crippen LogP contribution in [0.2, 0.25) is 0 Å². The van der Waals surface area contributed by atoms with E-state index < -0.39 is 0 Å². The standard InChI is InChI=1S/C23H23FN2/c24-22-14-8-7-13-21(22)23-25(17-19-9-3-1-4-10-19)15-16-26(23)18-20-11-5-2-6-12-20/h1-14,23H,15-18H2. The number of benzene rings is 3. The predicted molar refractivity (Wildman–Crippen MR) is 103 cm³/mol. The molecule has 26 heavy (non-hydrogen) atoms. The smallest absolute Gasteiger partial charge is 0.129 e. The van der Waals surface area contributed by atoms with Crippen LogP contribution in [0, 0.1) is 5.82 Å². The molecule has 0 atom stereocenters. The molecule has 3 aromatic rings. The van der Waals surface area contributed by atoms with Crippen LogP contribution < -0.4 is 0 Å². The van der Waals surface area contributed by atoms with Gasteiger partial charge in [0.1, 0.15) is 5.82 Å². The molecule has 2 nitrogen and oxygen atoms in total. The fourth-order valence-electron chi connectivity index (χ4n) is 3.78. The van der Waals surface area contributed by atoms with Crippen molar-refractivity contribution in [3.05, 3.63) is 107 Å². The molecule has 3 heteroatoms. The van der Waals surface area contributed by atoms with Crippen molar-refractivity contribution in [2.45, 2.75) is 19.3 Å². The molecule has 4 rings (SSSR count). The van der Waals surface area contributed by atoms with Gasteiger partial charge in [0, 0.05) is 31.7 Å². The zero-order valence-corrected chi connectivity index (χ0v) is 14.8. The number of halogens is 1. The summed E-state index contributed by atoms with van der Waals surface area (Å²) in [5.41, 5.74) is 3.28. The van der Waals surface area contributed by atoms with E-state index in [4.69, 9.17) is 0 Å². The van der Waals surface area contributed by atoms with E-state index in [0.29, 0.717) is 0 Å². The van der Waals surface area contributed by atoms with Gasteiger partial charge in [0.15, 0.2) is 0 Å². The maximum atomic E-state index is 14.6. The monoisotopic (exact) mass is 346 g/mol. The Morgan fingerprint density at radius 2 is 1.12 bits per heavy atom. The van der Waals surface area contributed by atoms with E-state index in [2.05, 4.69) is 58.3 Å². The minimum Gasteiger partial charge on any atom is -0.278 e. The zero-order valence-electron chi connectivity index (χ0n) is 14.8. The van der Waals surface area contributed by atoms with Gasteiger partial charge in [0.25, 0.3) is 0 Å². The number of hydrogen-bond donors (Lipinski definition) is 0. The maximum absolute atomic E-state index is 14.6. The lowest BCUT2D eigenvalue weighted by atomic mass is 10.1. The summed E-state index contributed by atoms with van der Waals surface area (Å²) in [7, 11) is 0. The Bertz CT molecular complexity index is 786. The molecular formula is C23H23FN2. The van der Waals surface area contributed by atoms with Crippen LogP contribution >= 0.6 is 0 Å². The van der Waals surface area contributed by atoms with Gasteiger partial charge in [0.05, 0.1) is 6.17 Å². The Balaban J connectivity index is 1.63. The number of rotatable bonds is 5. The molecule has 0 radical (unpaired) electrons. The van der Waals surface area contributed by atoms with Crippen molar-refractivity contribution in [2.24, 2.45) is 0 Å². The molecule has 1 saturated heterocycles. The Morgan fingerprint density at radius 1 is 0.654 bits per heavy atom. The van der Waals surface area contributed by atoms with Gasteiger partial charge in [-0.1, -0.05) is 78.9 Å². The van der Waals surface area contributed by atoms with Crippen LogP contribution in [-0.4, -0.2) is 22.9 Å². The average molecular weight is 346 g/mol. The molecule has 1 aliphatic rings. The van der Waals surface area contributed by atoms with Crippen LogP contribution in [-0.2, 0) is 13.1 Å². The number of nitrogens with zero attached hydrogens (tertiary/aromatic N) is 2. The third kappa shape index (κ3) is 3.69. The molecule has 132 valence electrons. The number of hydrogen-bond acceptors (Lipinski definition) is 2. The van der Waals surface area contributed by atoms with E-state index >= 15 is 0 Å². The van der Waals surface area contributed by atoms with Crippen LogP contribution in [0.3, 0.4) is 0 Å². The molecule has 0 saturated carbocycles. The summed E-state index contributed by atoms with van der Waals surface area (Å²) >= 11 is 0. The highest BCUT2D eigenvalue weighted by Crippen LogP contribution is 2.34. The van der Waals surface area contributed by atoms with Crippen molar-refractivity contribution in [3.8, 4) is 0 Å². The first-order valence-electron chi connectivity index (χ1n) is 9.11. The van der Waals surface area contributed by atoms with Crippen molar-refractivity contribution >= 4 is 0 Å². The lowest BCUT2D eigenvalue weighted by molar-refractivity contribution is 0.122. The Labute approximate surface area is 154 Å². The zero-order chi connectivity index (χ0) is 17.8. The molecule has 0 amide bonds. The molecule has 1 fully saturated rings. The van der Waals surface area contributed by atoms with E-state index in [1.165, 1.54) is 11.1 Å². The quantitative estimate of drug-likeness (QED) is 0.652. The second-order valence-corrected chi connectivity index (χ2v) is 6.81. The Hall–Kier alpha value is -2.49. The minimum absolute atomic E-state index is 0.0448. The summed E-state index contributed by atoms with van der Waals surface area (Å²) in [6.07, 6.45) is -0.0448. The maximum Gasteiger partial charge on any atom is 0.129 e. The predicted octanol–water partition coefficient (Wildman–Crippen LogP) is 4.84. The minimum atomic E-state index is -0.129. The third-order valence-corrected chi connectivity index (χ3v) is 5.01. The summed E-state index contributed by atoms with van der Waals surface area (Å²) < 4.78 is 14.6. The molecule has 0 spiro atoms. The highest BCUT2D eigenvalue weighted by molar-refractivity contribution is 5.24. The van der Waals surface area contributed by atoms with E-state index in [-0.39, 0.29) is 12.0 Å². The fourth-order valence-corrected chi connectivity index (χ4v) is 3.78. The summed E-state index contributed by atoms with van der Waals surface area (Å²) in [5.74, 6) is -0.129. The second-order valence-electron chi connectivity index (χ2n) is 6.81. The van der Waals surface area contributed by atoms with Crippen LogP contribution in [0.1, 0.15) is 22.9 Å². The molecule has 0 unspecified atom stereocenters. The lowest BCUT2D eigenvalue weighted by Crippen LogP contribution is -2.31. The molecular weight excluding hydrogens is 323 g/mol. The van der Waals surface area contributed by atoms with Gasteiger partial charge in [-0.2, -0.15) is 0 Å². The van der Waals surface area contributed by atoms with Crippen molar-refractivity contribution in [1.82, 2.24) is 9.80 Å². The van der Waals surface area contributed by atoms with Gasteiger partial charge in [-0.25, -0.2) is 4.39 Å².